The summed E-state index contributed by atoms with van der Waals surface area (Å²) in [6, 6.07) is 74.3. The van der Waals surface area contributed by atoms with Gasteiger partial charge in [0, 0.05) is 40.5 Å². The molecular weight excluding hydrogens is 617 g/mol. The van der Waals surface area contributed by atoms with Crippen LogP contribution in [0.15, 0.2) is 206 Å². The number of para-hydroxylation sites is 2. The molecule has 2 heteroatoms. The number of fused-ring (bicyclic) bond motifs is 2. The number of rotatable bonds is 7. The Balaban J connectivity index is 1.10. The van der Waals surface area contributed by atoms with Crippen LogP contribution >= 0.6 is 0 Å². The summed E-state index contributed by atoms with van der Waals surface area (Å²) < 4.78 is 0. The minimum absolute atomic E-state index is 0.867. The summed E-state index contributed by atoms with van der Waals surface area (Å²) in [7, 11) is 0. The quantitative estimate of drug-likeness (QED) is 0.169. The van der Waals surface area contributed by atoms with E-state index in [0.29, 0.717) is 0 Å². The molecule has 0 unspecified atom stereocenters. The molecule has 0 aliphatic carbocycles. The number of nitrogens with zero attached hydrogens (tertiary/aromatic N) is 2. The van der Waals surface area contributed by atoms with Gasteiger partial charge in [0.1, 0.15) is 0 Å². The number of hydrogen-bond donors (Lipinski definition) is 0. The van der Waals surface area contributed by atoms with E-state index in [1.807, 2.05) is 0 Å². The third kappa shape index (κ3) is 5.98. The monoisotopic (exact) mass is 652 g/mol. The average molecular weight is 653 g/mol. The van der Waals surface area contributed by atoms with Gasteiger partial charge in [-0.15, -0.1) is 0 Å². The zero-order valence-corrected chi connectivity index (χ0v) is 28.2. The van der Waals surface area contributed by atoms with Crippen molar-refractivity contribution in [2.24, 2.45) is 0 Å². The van der Waals surface area contributed by atoms with E-state index in [-0.39, 0.29) is 0 Å². The number of anilines is 6. The summed E-state index contributed by atoms with van der Waals surface area (Å²) in [5.74, 6) is 0. The Hall–Kier alpha value is -6.64. The van der Waals surface area contributed by atoms with Crippen molar-refractivity contribution >= 4 is 34.1 Å². The van der Waals surface area contributed by atoms with Crippen LogP contribution in [0.4, 0.5) is 34.1 Å². The smallest absolute Gasteiger partial charge is 0.0497 e. The van der Waals surface area contributed by atoms with E-state index in [9.17, 15) is 0 Å². The SMILES string of the molecule is c1ccc(-c2ccc(N3c4ccc(-c5ccccc5)cc4Cc4cc(-c5ccc(N(c6ccccc6)c6ccccc6)cc5)ccc43)cc2)cc1. The van der Waals surface area contributed by atoms with Crippen LogP contribution in [0.1, 0.15) is 11.1 Å². The Morgan fingerprint density at radius 2 is 0.667 bits per heavy atom. The lowest BCUT2D eigenvalue weighted by Crippen LogP contribution is -2.18. The second-order valence-corrected chi connectivity index (χ2v) is 13.0. The molecule has 0 bridgehead atoms. The topological polar surface area (TPSA) is 6.48 Å². The van der Waals surface area contributed by atoms with E-state index < -0.39 is 0 Å². The molecule has 0 N–H and O–H groups in total. The zero-order valence-electron chi connectivity index (χ0n) is 28.2. The fourth-order valence-electron chi connectivity index (χ4n) is 7.33. The molecule has 9 rings (SSSR count). The normalized spacial score (nSPS) is 11.8. The fraction of sp³-hybridized carbons (Fsp3) is 0.0204. The van der Waals surface area contributed by atoms with E-state index in [2.05, 4.69) is 216 Å². The van der Waals surface area contributed by atoms with Crippen LogP contribution < -0.4 is 9.80 Å². The van der Waals surface area contributed by atoms with Gasteiger partial charge >= 0.3 is 0 Å². The maximum atomic E-state index is 2.43. The standard InChI is InChI=1S/C49H36N2/c1-5-13-36(14-6-1)38-21-29-47(30-22-38)51-48-31-25-40(37-15-7-2-8-16-37)33-42(48)35-43-34-41(26-32-49(43)51)39-23-27-46(28-24-39)50(44-17-9-3-10-18-44)45-19-11-4-12-20-45/h1-34H,35H2. The summed E-state index contributed by atoms with van der Waals surface area (Å²) in [6.45, 7) is 0. The Labute approximate surface area is 300 Å². The van der Waals surface area contributed by atoms with Crippen molar-refractivity contribution in [3.05, 3.63) is 217 Å². The molecule has 0 atom stereocenters. The minimum Gasteiger partial charge on any atom is -0.311 e. The molecule has 0 saturated heterocycles. The largest absolute Gasteiger partial charge is 0.311 e. The molecule has 0 fully saturated rings. The lowest BCUT2D eigenvalue weighted by Gasteiger charge is -2.34. The zero-order chi connectivity index (χ0) is 34.0. The van der Waals surface area contributed by atoms with Crippen LogP contribution in [0.25, 0.3) is 33.4 Å². The molecule has 0 saturated carbocycles. The van der Waals surface area contributed by atoms with Crippen LogP contribution in [-0.2, 0) is 6.42 Å². The first-order valence-electron chi connectivity index (χ1n) is 17.6. The average Bonchev–Trinajstić information content (AvgIpc) is 3.21. The van der Waals surface area contributed by atoms with E-state index in [0.717, 1.165) is 29.2 Å². The van der Waals surface area contributed by atoms with E-state index in [1.165, 1.54) is 55.9 Å². The summed E-state index contributed by atoms with van der Waals surface area (Å²) in [6.07, 6.45) is 0.867. The van der Waals surface area contributed by atoms with Crippen molar-refractivity contribution in [1.82, 2.24) is 0 Å². The first kappa shape index (κ1) is 30.4. The molecule has 2 nitrogen and oxygen atoms in total. The Morgan fingerprint density at radius 1 is 0.314 bits per heavy atom. The predicted molar refractivity (Wildman–Crippen MR) is 215 cm³/mol. The van der Waals surface area contributed by atoms with Crippen molar-refractivity contribution in [1.29, 1.82) is 0 Å². The van der Waals surface area contributed by atoms with Crippen LogP contribution in [0.5, 0.6) is 0 Å². The summed E-state index contributed by atoms with van der Waals surface area (Å²) in [5.41, 5.74) is 17.0. The summed E-state index contributed by atoms with van der Waals surface area (Å²) >= 11 is 0. The first-order valence-corrected chi connectivity index (χ1v) is 17.6. The van der Waals surface area contributed by atoms with Crippen molar-refractivity contribution in [3.8, 4) is 33.4 Å². The third-order valence-electron chi connectivity index (χ3n) is 9.85. The van der Waals surface area contributed by atoms with Crippen LogP contribution in [-0.4, -0.2) is 0 Å². The van der Waals surface area contributed by atoms with E-state index in [1.54, 1.807) is 0 Å². The van der Waals surface area contributed by atoms with Crippen LogP contribution in [0.2, 0.25) is 0 Å². The molecular formula is C49H36N2. The predicted octanol–water partition coefficient (Wildman–Crippen LogP) is 13.5. The van der Waals surface area contributed by atoms with E-state index in [4.69, 9.17) is 0 Å². The lowest BCUT2D eigenvalue weighted by molar-refractivity contribution is 1.09. The van der Waals surface area contributed by atoms with Gasteiger partial charge in [-0.2, -0.15) is 0 Å². The van der Waals surface area contributed by atoms with Crippen molar-refractivity contribution in [2.75, 3.05) is 9.80 Å². The highest BCUT2D eigenvalue weighted by Crippen LogP contribution is 2.46. The first-order chi connectivity index (χ1) is 25.3. The van der Waals surface area contributed by atoms with Crippen molar-refractivity contribution in [3.63, 3.8) is 0 Å². The number of benzene rings is 8. The molecule has 8 aromatic rings. The van der Waals surface area contributed by atoms with Gasteiger partial charge < -0.3 is 9.80 Å². The van der Waals surface area contributed by atoms with Crippen molar-refractivity contribution in [2.45, 2.75) is 6.42 Å². The van der Waals surface area contributed by atoms with Gasteiger partial charge in [-0.1, -0.05) is 133 Å². The maximum absolute atomic E-state index is 2.43. The maximum Gasteiger partial charge on any atom is 0.0497 e. The molecule has 8 aromatic carbocycles. The highest BCUT2D eigenvalue weighted by atomic mass is 15.2. The molecule has 1 aliphatic heterocycles. The van der Waals surface area contributed by atoms with Gasteiger partial charge in [-0.3, -0.25) is 0 Å². The van der Waals surface area contributed by atoms with Gasteiger partial charge in [0.15, 0.2) is 0 Å². The highest BCUT2D eigenvalue weighted by molar-refractivity contribution is 5.88. The van der Waals surface area contributed by atoms with Gasteiger partial charge in [0.2, 0.25) is 0 Å². The number of hydrogen-bond acceptors (Lipinski definition) is 2. The molecule has 0 radical (unpaired) electrons. The molecule has 1 aliphatic rings. The highest BCUT2D eigenvalue weighted by Gasteiger charge is 2.25. The third-order valence-corrected chi connectivity index (χ3v) is 9.85. The molecule has 51 heavy (non-hydrogen) atoms. The molecule has 0 spiro atoms. The minimum atomic E-state index is 0.867. The second kappa shape index (κ2) is 13.3. The molecule has 1 heterocycles. The van der Waals surface area contributed by atoms with Gasteiger partial charge in [0.25, 0.3) is 0 Å². The fourth-order valence-corrected chi connectivity index (χ4v) is 7.33. The molecule has 0 aromatic heterocycles. The molecule has 0 amide bonds. The molecule has 242 valence electrons. The summed E-state index contributed by atoms with van der Waals surface area (Å²) in [4.78, 5) is 4.74. The second-order valence-electron chi connectivity index (χ2n) is 13.0. The van der Waals surface area contributed by atoms with E-state index >= 15 is 0 Å². The lowest BCUT2D eigenvalue weighted by atomic mass is 9.90. The Morgan fingerprint density at radius 3 is 1.16 bits per heavy atom. The van der Waals surface area contributed by atoms with Gasteiger partial charge in [0.05, 0.1) is 0 Å². The van der Waals surface area contributed by atoms with Crippen molar-refractivity contribution < 1.29 is 0 Å². The summed E-state index contributed by atoms with van der Waals surface area (Å²) in [5, 5.41) is 0. The van der Waals surface area contributed by atoms with Gasteiger partial charge in [-0.25, -0.2) is 0 Å². The Kier molecular flexibility index (Phi) is 7.96. The van der Waals surface area contributed by atoms with Crippen LogP contribution in [0.3, 0.4) is 0 Å². The van der Waals surface area contributed by atoms with Crippen LogP contribution in [0, 0.1) is 0 Å². The van der Waals surface area contributed by atoms with Gasteiger partial charge in [-0.05, 0) is 117 Å². The Bertz CT molecular complexity index is 2360.